The molecule has 1 aliphatic heterocycles. The van der Waals surface area contributed by atoms with Gasteiger partial charge in [-0.15, -0.1) is 0 Å². The largest absolute Gasteiger partial charge is 0.480 e. The first-order valence-electron chi connectivity index (χ1n) is 9.51. The maximum absolute atomic E-state index is 12.5. The number of carbonyl (C=O) groups is 4. The van der Waals surface area contributed by atoms with E-state index >= 15 is 0 Å². The highest BCUT2D eigenvalue weighted by Gasteiger charge is 2.31. The zero-order chi connectivity index (χ0) is 20.6. The van der Waals surface area contributed by atoms with Crippen LogP contribution in [0.25, 0.3) is 0 Å². The van der Waals surface area contributed by atoms with Crippen LogP contribution < -0.4 is 21.3 Å². The van der Waals surface area contributed by atoms with Gasteiger partial charge in [0.1, 0.15) is 12.1 Å². The molecule has 154 valence electrons. The third kappa shape index (κ3) is 7.16. The molecule has 0 spiro atoms. The third-order valence-electron chi connectivity index (χ3n) is 4.84. The second-order valence-electron chi connectivity index (χ2n) is 7.37. The van der Waals surface area contributed by atoms with Crippen LogP contribution >= 0.6 is 0 Å². The molecule has 4 unspecified atom stereocenters. The maximum atomic E-state index is 12.5. The zero-order valence-electron chi connectivity index (χ0n) is 16.5. The highest BCUT2D eigenvalue weighted by Crippen LogP contribution is 2.10. The summed E-state index contributed by atoms with van der Waals surface area (Å²) in [5, 5.41) is 20.0. The van der Waals surface area contributed by atoms with Crippen molar-refractivity contribution in [3.8, 4) is 0 Å². The molecule has 1 rings (SSSR count). The Bertz CT molecular complexity index is 546. The van der Waals surface area contributed by atoms with E-state index in [9.17, 15) is 24.3 Å². The predicted octanol–water partition coefficient (Wildman–Crippen LogP) is -0.389. The van der Waals surface area contributed by atoms with E-state index in [1.54, 1.807) is 20.8 Å². The Labute approximate surface area is 160 Å². The number of amides is 3. The second kappa shape index (κ2) is 10.9. The summed E-state index contributed by atoms with van der Waals surface area (Å²) in [7, 11) is 0. The number of hydrogen-bond donors (Lipinski definition) is 5. The molecule has 1 fully saturated rings. The standard InChI is InChI=1S/C18H32N4O5/c1-5-11(4)15(18(26)27)22-17(25)14(10(2)3)21-13(23)9-20-16(24)12-7-6-8-19-12/h10-12,14-15,19H,5-9H2,1-4H3,(H,20,24)(H,21,23)(H,22,25)(H,26,27). The van der Waals surface area contributed by atoms with E-state index in [4.69, 9.17) is 0 Å². The molecule has 0 aliphatic carbocycles. The quantitative estimate of drug-likeness (QED) is 0.348. The van der Waals surface area contributed by atoms with Gasteiger partial charge in [0.05, 0.1) is 12.6 Å². The number of rotatable bonds is 10. The minimum absolute atomic E-state index is 0.235. The van der Waals surface area contributed by atoms with Gasteiger partial charge in [-0.05, 0) is 31.2 Å². The first-order chi connectivity index (χ1) is 12.7. The fourth-order valence-electron chi connectivity index (χ4n) is 2.88. The van der Waals surface area contributed by atoms with Gasteiger partial charge in [-0.1, -0.05) is 34.1 Å². The fraction of sp³-hybridized carbons (Fsp3) is 0.778. The molecule has 0 aromatic carbocycles. The molecule has 0 aromatic heterocycles. The Hall–Kier alpha value is -2.16. The van der Waals surface area contributed by atoms with Crippen molar-refractivity contribution < 1.29 is 24.3 Å². The minimum Gasteiger partial charge on any atom is -0.480 e. The lowest BCUT2D eigenvalue weighted by molar-refractivity contribution is -0.144. The van der Waals surface area contributed by atoms with Crippen molar-refractivity contribution in [1.29, 1.82) is 0 Å². The van der Waals surface area contributed by atoms with Crippen molar-refractivity contribution in [3.05, 3.63) is 0 Å². The van der Waals surface area contributed by atoms with Crippen molar-refractivity contribution in [2.45, 2.75) is 65.1 Å². The summed E-state index contributed by atoms with van der Waals surface area (Å²) >= 11 is 0. The molecule has 1 saturated heterocycles. The smallest absolute Gasteiger partial charge is 0.326 e. The number of carboxylic acids is 1. The Kier molecular flexibility index (Phi) is 9.20. The van der Waals surface area contributed by atoms with E-state index in [0.717, 1.165) is 19.4 Å². The van der Waals surface area contributed by atoms with Gasteiger partial charge < -0.3 is 26.4 Å². The molecule has 0 aromatic rings. The summed E-state index contributed by atoms with van der Waals surface area (Å²) in [6.07, 6.45) is 2.24. The predicted molar refractivity (Wildman–Crippen MR) is 99.8 cm³/mol. The summed E-state index contributed by atoms with van der Waals surface area (Å²) < 4.78 is 0. The van der Waals surface area contributed by atoms with Gasteiger partial charge in [-0.25, -0.2) is 4.79 Å². The second-order valence-corrected chi connectivity index (χ2v) is 7.37. The Morgan fingerprint density at radius 3 is 2.26 bits per heavy atom. The first kappa shape index (κ1) is 22.9. The van der Waals surface area contributed by atoms with E-state index in [1.165, 1.54) is 0 Å². The van der Waals surface area contributed by atoms with E-state index < -0.39 is 29.9 Å². The highest BCUT2D eigenvalue weighted by atomic mass is 16.4. The van der Waals surface area contributed by atoms with Crippen molar-refractivity contribution in [3.63, 3.8) is 0 Å². The van der Waals surface area contributed by atoms with Gasteiger partial charge in [-0.3, -0.25) is 14.4 Å². The van der Waals surface area contributed by atoms with Crippen molar-refractivity contribution >= 4 is 23.7 Å². The van der Waals surface area contributed by atoms with Gasteiger partial charge >= 0.3 is 5.97 Å². The summed E-state index contributed by atoms with van der Waals surface area (Å²) in [4.78, 5) is 48.0. The topological polar surface area (TPSA) is 137 Å². The van der Waals surface area contributed by atoms with E-state index in [1.807, 2.05) is 6.92 Å². The number of carbonyl (C=O) groups excluding carboxylic acids is 3. The molecule has 0 saturated carbocycles. The zero-order valence-corrected chi connectivity index (χ0v) is 16.5. The summed E-state index contributed by atoms with van der Waals surface area (Å²) in [5.41, 5.74) is 0. The minimum atomic E-state index is -1.11. The molecular weight excluding hydrogens is 352 g/mol. The van der Waals surface area contributed by atoms with Crippen LogP contribution in [-0.4, -0.2) is 60.0 Å². The number of nitrogens with one attached hydrogen (secondary N) is 4. The van der Waals surface area contributed by atoms with Crippen LogP contribution in [0.4, 0.5) is 0 Å². The molecule has 3 amide bonds. The first-order valence-corrected chi connectivity index (χ1v) is 9.51. The number of aliphatic carboxylic acids is 1. The SMILES string of the molecule is CCC(C)C(NC(=O)C(NC(=O)CNC(=O)C1CCCN1)C(C)C)C(=O)O. The third-order valence-corrected chi connectivity index (χ3v) is 4.84. The van der Waals surface area contributed by atoms with Gasteiger partial charge in [0, 0.05) is 0 Å². The monoisotopic (exact) mass is 384 g/mol. The summed E-state index contributed by atoms with van der Waals surface area (Å²) in [6, 6.07) is -2.19. The molecule has 0 bridgehead atoms. The summed E-state index contributed by atoms with van der Waals surface area (Å²) in [6.45, 7) is 7.64. The van der Waals surface area contributed by atoms with Gasteiger partial charge in [0.25, 0.3) is 0 Å². The Morgan fingerprint density at radius 2 is 1.78 bits per heavy atom. The highest BCUT2D eigenvalue weighted by molar-refractivity contribution is 5.92. The normalized spacial score (nSPS) is 19.8. The molecule has 9 heteroatoms. The van der Waals surface area contributed by atoms with Crippen LogP contribution in [0.5, 0.6) is 0 Å². The van der Waals surface area contributed by atoms with Crippen LogP contribution in [0.1, 0.15) is 47.0 Å². The van der Waals surface area contributed by atoms with E-state index in [0.29, 0.717) is 6.42 Å². The Morgan fingerprint density at radius 1 is 1.11 bits per heavy atom. The average molecular weight is 384 g/mol. The molecule has 1 aliphatic rings. The molecular formula is C18H32N4O5. The molecule has 5 N–H and O–H groups in total. The number of hydrogen-bond acceptors (Lipinski definition) is 5. The van der Waals surface area contributed by atoms with Crippen molar-refractivity contribution in [2.24, 2.45) is 11.8 Å². The van der Waals surface area contributed by atoms with E-state index in [-0.39, 0.29) is 30.3 Å². The fourth-order valence-corrected chi connectivity index (χ4v) is 2.88. The molecule has 27 heavy (non-hydrogen) atoms. The molecule has 0 radical (unpaired) electrons. The van der Waals surface area contributed by atoms with Crippen LogP contribution in [0, 0.1) is 11.8 Å². The van der Waals surface area contributed by atoms with E-state index in [2.05, 4.69) is 21.3 Å². The molecule has 4 atom stereocenters. The lowest BCUT2D eigenvalue weighted by Crippen LogP contribution is -2.56. The Balaban J connectivity index is 2.60. The molecule has 9 nitrogen and oxygen atoms in total. The average Bonchev–Trinajstić information content (AvgIpc) is 3.15. The summed E-state index contributed by atoms with van der Waals surface area (Å²) in [5.74, 6) is -2.88. The van der Waals surface area contributed by atoms with Crippen LogP contribution in [-0.2, 0) is 19.2 Å². The van der Waals surface area contributed by atoms with Crippen LogP contribution in [0.2, 0.25) is 0 Å². The maximum Gasteiger partial charge on any atom is 0.326 e. The lowest BCUT2D eigenvalue weighted by Gasteiger charge is -2.26. The number of carboxylic acid groups (broad SMARTS) is 1. The van der Waals surface area contributed by atoms with Crippen LogP contribution in [0.3, 0.4) is 0 Å². The lowest BCUT2D eigenvalue weighted by atomic mass is 9.97. The van der Waals surface area contributed by atoms with Gasteiger partial charge in [0.15, 0.2) is 0 Å². The van der Waals surface area contributed by atoms with Crippen molar-refractivity contribution in [2.75, 3.05) is 13.1 Å². The van der Waals surface area contributed by atoms with Crippen molar-refractivity contribution in [1.82, 2.24) is 21.3 Å². The van der Waals surface area contributed by atoms with Gasteiger partial charge in [0.2, 0.25) is 17.7 Å². The van der Waals surface area contributed by atoms with Gasteiger partial charge in [-0.2, -0.15) is 0 Å². The van der Waals surface area contributed by atoms with Crippen LogP contribution in [0.15, 0.2) is 0 Å². The molecule has 1 heterocycles.